The molecule has 3 heteroatoms. The summed E-state index contributed by atoms with van der Waals surface area (Å²) < 4.78 is 7.27. The zero-order valence-corrected chi connectivity index (χ0v) is 37.5. The first-order valence-electron chi connectivity index (χ1n) is 23.8. The quantitative estimate of drug-likeness (QED) is 0.158. The molecule has 0 fully saturated rings. The van der Waals surface area contributed by atoms with Crippen LogP contribution in [0.5, 0.6) is 0 Å². The number of hydrogen-bond acceptors (Lipinski definition) is 0. The number of aromatic nitrogens is 3. The second kappa shape index (κ2) is 14.7. The van der Waals surface area contributed by atoms with Crippen molar-refractivity contribution in [1.82, 2.24) is 13.5 Å². The van der Waals surface area contributed by atoms with Crippen LogP contribution in [0, 0.1) is 0 Å². The van der Waals surface area contributed by atoms with E-state index < -0.39 is 0 Å². The maximum atomic E-state index is 2.47. The summed E-state index contributed by atoms with van der Waals surface area (Å²) in [4.78, 5) is 0. The molecule has 3 nitrogen and oxygen atoms in total. The SMILES string of the molecule is c1ccc(-n2c3ccccc3c3cc(-c4ccc(-c5ccc(-c6ccc(-c7ccc8c(c7)c7ccccc7n8-c7ccc8c9cccc%10c%11ccccc%11n(c8c7)c%109)cc6)cc5)cc4)ccc32)cc1. The van der Waals surface area contributed by atoms with E-state index in [0.717, 1.165) is 5.69 Å². The van der Waals surface area contributed by atoms with Crippen molar-refractivity contribution in [1.29, 1.82) is 0 Å². The third kappa shape index (κ3) is 5.68. The molecule has 0 N–H and O–H groups in total. The first-order chi connectivity index (χ1) is 34.2. The molecule has 0 radical (unpaired) electrons. The number of rotatable bonds is 6. The van der Waals surface area contributed by atoms with E-state index in [9.17, 15) is 0 Å². The minimum Gasteiger partial charge on any atom is -0.309 e. The van der Waals surface area contributed by atoms with Crippen LogP contribution in [0.4, 0.5) is 0 Å². The fourth-order valence-corrected chi connectivity index (χ4v) is 11.6. The van der Waals surface area contributed by atoms with Crippen molar-refractivity contribution in [2.24, 2.45) is 0 Å². The zero-order valence-electron chi connectivity index (χ0n) is 37.5. The summed E-state index contributed by atoms with van der Waals surface area (Å²) in [7, 11) is 0. The maximum Gasteiger partial charge on any atom is 0.0620 e. The Bertz CT molecular complexity index is 4490. The van der Waals surface area contributed by atoms with Crippen molar-refractivity contribution in [2.45, 2.75) is 0 Å². The third-order valence-corrected chi connectivity index (χ3v) is 14.8. The summed E-state index contributed by atoms with van der Waals surface area (Å²) in [5.74, 6) is 0. The van der Waals surface area contributed by atoms with Gasteiger partial charge in [0.2, 0.25) is 0 Å². The third-order valence-electron chi connectivity index (χ3n) is 14.8. The van der Waals surface area contributed by atoms with Gasteiger partial charge in [0.05, 0.1) is 38.6 Å². The second-order valence-electron chi connectivity index (χ2n) is 18.5. The molecular formula is C66H41N3. The largest absolute Gasteiger partial charge is 0.309 e. The highest BCUT2D eigenvalue weighted by Gasteiger charge is 2.20. The van der Waals surface area contributed by atoms with Gasteiger partial charge in [0.1, 0.15) is 0 Å². The molecule has 0 aliphatic heterocycles. The first kappa shape index (κ1) is 38.0. The molecular weight excluding hydrogens is 835 g/mol. The van der Waals surface area contributed by atoms with Crippen LogP contribution < -0.4 is 0 Å². The summed E-state index contributed by atoms with van der Waals surface area (Å²) in [6.45, 7) is 0. The Labute approximate surface area is 397 Å². The van der Waals surface area contributed by atoms with Crippen LogP contribution in [0.15, 0.2) is 249 Å². The van der Waals surface area contributed by atoms with Crippen LogP contribution in [0.2, 0.25) is 0 Å². The number of para-hydroxylation sites is 5. The molecule has 320 valence electrons. The van der Waals surface area contributed by atoms with E-state index in [2.05, 4.69) is 262 Å². The van der Waals surface area contributed by atoms with Gasteiger partial charge in [-0.25, -0.2) is 0 Å². The van der Waals surface area contributed by atoms with Crippen LogP contribution in [-0.4, -0.2) is 13.5 Å². The van der Waals surface area contributed by atoms with Crippen LogP contribution >= 0.6 is 0 Å². The van der Waals surface area contributed by atoms with Crippen molar-refractivity contribution in [3.63, 3.8) is 0 Å². The Morgan fingerprint density at radius 2 is 0.551 bits per heavy atom. The van der Waals surface area contributed by atoms with Gasteiger partial charge in [-0.05, 0) is 111 Å². The van der Waals surface area contributed by atoms with Crippen molar-refractivity contribution in [3.8, 4) is 55.9 Å². The molecule has 0 unspecified atom stereocenters. The van der Waals surface area contributed by atoms with Gasteiger partial charge in [-0.2, -0.15) is 0 Å². The van der Waals surface area contributed by atoms with E-state index in [1.165, 1.54) is 132 Å². The molecule has 0 aliphatic rings. The fraction of sp³-hybridized carbons (Fsp3) is 0. The molecule has 0 bridgehead atoms. The molecule has 4 heterocycles. The lowest BCUT2D eigenvalue weighted by Crippen LogP contribution is -1.94. The monoisotopic (exact) mass is 875 g/mol. The zero-order chi connectivity index (χ0) is 45.2. The van der Waals surface area contributed by atoms with Gasteiger partial charge in [-0.1, -0.05) is 182 Å². The summed E-state index contributed by atoms with van der Waals surface area (Å²) in [5, 5.41) is 10.2. The van der Waals surface area contributed by atoms with Crippen molar-refractivity contribution in [2.75, 3.05) is 0 Å². The van der Waals surface area contributed by atoms with Crippen molar-refractivity contribution in [3.05, 3.63) is 249 Å². The Hall–Kier alpha value is -9.18. The fourth-order valence-electron chi connectivity index (χ4n) is 11.6. The maximum absolute atomic E-state index is 2.47. The average molecular weight is 876 g/mol. The lowest BCUT2D eigenvalue weighted by atomic mass is 9.96. The summed E-state index contributed by atoms with van der Waals surface area (Å²) in [6.07, 6.45) is 0. The van der Waals surface area contributed by atoms with E-state index in [0.29, 0.717) is 0 Å². The average Bonchev–Trinajstić information content (AvgIpc) is 4.15. The second-order valence-corrected chi connectivity index (χ2v) is 18.5. The lowest BCUT2D eigenvalue weighted by molar-refractivity contribution is 1.18. The Kier molecular flexibility index (Phi) is 8.07. The highest BCUT2D eigenvalue weighted by Crippen LogP contribution is 2.42. The minimum absolute atomic E-state index is 1.16. The Morgan fingerprint density at radius 1 is 0.188 bits per heavy atom. The topological polar surface area (TPSA) is 14.3 Å². The minimum atomic E-state index is 1.16. The van der Waals surface area contributed by atoms with Crippen LogP contribution in [0.3, 0.4) is 0 Å². The van der Waals surface area contributed by atoms with E-state index in [4.69, 9.17) is 0 Å². The van der Waals surface area contributed by atoms with Crippen molar-refractivity contribution < 1.29 is 0 Å². The molecule has 4 aromatic heterocycles. The summed E-state index contributed by atoms with van der Waals surface area (Å²) in [5.41, 5.74) is 20.6. The summed E-state index contributed by atoms with van der Waals surface area (Å²) >= 11 is 0. The number of benzene rings is 11. The van der Waals surface area contributed by atoms with Gasteiger partial charge in [0.25, 0.3) is 0 Å². The van der Waals surface area contributed by atoms with Gasteiger partial charge in [-0.3, -0.25) is 0 Å². The van der Waals surface area contributed by atoms with E-state index in [-0.39, 0.29) is 0 Å². The molecule has 69 heavy (non-hydrogen) atoms. The Balaban J connectivity index is 0.716. The van der Waals surface area contributed by atoms with E-state index in [1.807, 2.05) is 0 Å². The van der Waals surface area contributed by atoms with Crippen LogP contribution in [-0.2, 0) is 0 Å². The summed E-state index contributed by atoms with van der Waals surface area (Å²) in [6, 6.07) is 91.5. The predicted molar refractivity (Wildman–Crippen MR) is 292 cm³/mol. The molecule has 15 rings (SSSR count). The van der Waals surface area contributed by atoms with Crippen molar-refractivity contribution >= 4 is 81.7 Å². The molecule has 0 aliphatic carbocycles. The van der Waals surface area contributed by atoms with Gasteiger partial charge in [0.15, 0.2) is 0 Å². The Morgan fingerprint density at radius 3 is 1.06 bits per heavy atom. The molecule has 11 aromatic carbocycles. The molecule has 0 saturated heterocycles. The van der Waals surface area contributed by atoms with Gasteiger partial charge in [-0.15, -0.1) is 0 Å². The lowest BCUT2D eigenvalue weighted by Gasteiger charge is -2.10. The van der Waals surface area contributed by atoms with E-state index >= 15 is 0 Å². The van der Waals surface area contributed by atoms with Crippen LogP contribution in [0.1, 0.15) is 0 Å². The highest BCUT2D eigenvalue weighted by atomic mass is 15.0. The first-order valence-corrected chi connectivity index (χ1v) is 23.8. The number of nitrogens with zero attached hydrogens (tertiary/aromatic N) is 3. The molecule has 0 saturated carbocycles. The molecule has 0 atom stereocenters. The van der Waals surface area contributed by atoms with E-state index in [1.54, 1.807) is 0 Å². The molecule has 15 aromatic rings. The van der Waals surface area contributed by atoms with Crippen LogP contribution in [0.25, 0.3) is 138 Å². The standard InChI is InChI=1S/C66H41N3/c1-2-11-50(12-3-1)67-60-18-7-5-14-53(60)58-39-48(33-37-63(58)67)46-29-25-44(26-30-46)42-21-23-43(24-22-42)45-27-31-47(32-28-45)49-34-38-64-59(40-49)54-15-6-8-19-61(54)68(64)51-35-36-55-57-17-10-16-56-52-13-4-9-20-62(52)69(66(56)57)65(55)41-51/h1-41H. The molecule has 0 amide bonds. The number of hydrogen-bond donors (Lipinski definition) is 0. The van der Waals surface area contributed by atoms with Gasteiger partial charge in [0, 0.05) is 54.5 Å². The predicted octanol–water partition coefficient (Wildman–Crippen LogP) is 17.7. The highest BCUT2D eigenvalue weighted by molar-refractivity contribution is 6.23. The van der Waals surface area contributed by atoms with Gasteiger partial charge < -0.3 is 13.5 Å². The number of fused-ring (bicyclic) bond motifs is 12. The molecule has 0 spiro atoms. The van der Waals surface area contributed by atoms with Gasteiger partial charge >= 0.3 is 0 Å². The normalized spacial score (nSPS) is 12.1. The smallest absolute Gasteiger partial charge is 0.0620 e.